The molecule has 1 aliphatic carbocycles. The number of hydrogen-bond acceptors (Lipinski definition) is 5. The van der Waals surface area contributed by atoms with Gasteiger partial charge in [0.1, 0.15) is 0 Å². The molecule has 0 heterocycles. The standard InChI is InChI=1S/C13H19N3O3S/c1-13(6-7-13)15-8-9-20(18,19)11-4-2-10(3-5-11)12(14)16-17/h2-5,15,17H,6-9H2,1H3,(H2,14,16). The summed E-state index contributed by atoms with van der Waals surface area (Å²) in [5, 5.41) is 14.7. The summed E-state index contributed by atoms with van der Waals surface area (Å²) < 4.78 is 24.3. The van der Waals surface area contributed by atoms with Gasteiger partial charge in [0, 0.05) is 17.6 Å². The predicted octanol–water partition coefficient (Wildman–Crippen LogP) is 0.697. The first-order chi connectivity index (χ1) is 9.36. The molecular weight excluding hydrogens is 278 g/mol. The van der Waals surface area contributed by atoms with Crippen molar-refractivity contribution in [2.45, 2.75) is 30.2 Å². The van der Waals surface area contributed by atoms with Gasteiger partial charge >= 0.3 is 0 Å². The van der Waals surface area contributed by atoms with Crippen LogP contribution in [0.15, 0.2) is 34.3 Å². The molecule has 0 atom stereocenters. The van der Waals surface area contributed by atoms with Gasteiger partial charge < -0.3 is 16.3 Å². The van der Waals surface area contributed by atoms with E-state index in [9.17, 15) is 8.42 Å². The molecule has 4 N–H and O–H groups in total. The maximum absolute atomic E-state index is 12.1. The molecule has 2 rings (SSSR count). The van der Waals surface area contributed by atoms with E-state index in [1.54, 1.807) is 0 Å². The lowest BCUT2D eigenvalue weighted by atomic mass is 10.2. The topological polar surface area (TPSA) is 105 Å². The molecule has 0 saturated heterocycles. The van der Waals surface area contributed by atoms with Crippen molar-refractivity contribution in [3.8, 4) is 0 Å². The maximum Gasteiger partial charge on any atom is 0.179 e. The highest BCUT2D eigenvalue weighted by atomic mass is 32.2. The second-order valence-electron chi connectivity index (χ2n) is 5.32. The van der Waals surface area contributed by atoms with Crippen molar-refractivity contribution in [3.05, 3.63) is 29.8 Å². The van der Waals surface area contributed by atoms with Crippen LogP contribution in [0.4, 0.5) is 0 Å². The minimum absolute atomic E-state index is 0.0442. The Balaban J connectivity index is 2.01. The third-order valence-corrected chi connectivity index (χ3v) is 5.27. The average molecular weight is 297 g/mol. The smallest absolute Gasteiger partial charge is 0.179 e. The minimum Gasteiger partial charge on any atom is -0.409 e. The number of nitrogens with one attached hydrogen (secondary N) is 1. The third-order valence-electron chi connectivity index (χ3n) is 3.54. The van der Waals surface area contributed by atoms with Gasteiger partial charge in [-0.2, -0.15) is 0 Å². The summed E-state index contributed by atoms with van der Waals surface area (Å²) in [4.78, 5) is 0.245. The molecule has 110 valence electrons. The fourth-order valence-electron chi connectivity index (χ4n) is 1.86. The zero-order valence-electron chi connectivity index (χ0n) is 11.3. The van der Waals surface area contributed by atoms with Gasteiger partial charge in [-0.1, -0.05) is 5.16 Å². The average Bonchev–Trinajstić information content (AvgIpc) is 3.15. The van der Waals surface area contributed by atoms with Crippen LogP contribution in [0.5, 0.6) is 0 Å². The fraction of sp³-hybridized carbons (Fsp3) is 0.462. The van der Waals surface area contributed by atoms with Crippen LogP contribution in [0, 0.1) is 0 Å². The molecule has 1 aromatic carbocycles. The summed E-state index contributed by atoms with van der Waals surface area (Å²) in [7, 11) is -3.31. The van der Waals surface area contributed by atoms with Crippen LogP contribution in [0.25, 0.3) is 0 Å². The molecule has 0 spiro atoms. The summed E-state index contributed by atoms with van der Waals surface area (Å²) >= 11 is 0. The first-order valence-electron chi connectivity index (χ1n) is 6.42. The summed E-state index contributed by atoms with van der Waals surface area (Å²) in [6.07, 6.45) is 2.20. The lowest BCUT2D eigenvalue weighted by Crippen LogP contribution is -2.32. The molecule has 0 unspecified atom stereocenters. The summed E-state index contributed by atoms with van der Waals surface area (Å²) in [5.74, 6) is 0.0168. The van der Waals surface area contributed by atoms with Crippen molar-refractivity contribution in [2.75, 3.05) is 12.3 Å². The van der Waals surface area contributed by atoms with Crippen molar-refractivity contribution in [2.24, 2.45) is 10.9 Å². The minimum atomic E-state index is -3.31. The van der Waals surface area contributed by atoms with Crippen LogP contribution in [0.1, 0.15) is 25.3 Å². The van der Waals surface area contributed by atoms with Crippen LogP contribution < -0.4 is 11.1 Å². The number of sulfone groups is 1. The van der Waals surface area contributed by atoms with Crippen LogP contribution in [0.2, 0.25) is 0 Å². The van der Waals surface area contributed by atoms with Gasteiger partial charge in [0.15, 0.2) is 15.7 Å². The molecule has 0 aliphatic heterocycles. The zero-order valence-corrected chi connectivity index (χ0v) is 12.2. The maximum atomic E-state index is 12.1. The molecule has 1 aliphatic rings. The molecular formula is C13H19N3O3S. The predicted molar refractivity (Wildman–Crippen MR) is 76.6 cm³/mol. The van der Waals surface area contributed by atoms with Gasteiger partial charge in [-0.25, -0.2) is 8.42 Å². The first kappa shape index (κ1) is 14.8. The highest BCUT2D eigenvalue weighted by Crippen LogP contribution is 2.33. The van der Waals surface area contributed by atoms with E-state index in [1.807, 2.05) is 0 Å². The Labute approximate surface area is 118 Å². The number of benzene rings is 1. The molecule has 7 heteroatoms. The largest absolute Gasteiger partial charge is 0.409 e. The highest BCUT2D eigenvalue weighted by molar-refractivity contribution is 7.91. The molecule has 20 heavy (non-hydrogen) atoms. The second kappa shape index (κ2) is 5.41. The molecule has 1 aromatic rings. The molecule has 6 nitrogen and oxygen atoms in total. The van der Waals surface area contributed by atoms with E-state index in [4.69, 9.17) is 10.9 Å². The molecule has 0 radical (unpaired) electrons. The summed E-state index contributed by atoms with van der Waals surface area (Å²) in [5.41, 5.74) is 6.04. The molecule has 0 aromatic heterocycles. The van der Waals surface area contributed by atoms with E-state index in [-0.39, 0.29) is 22.0 Å². The normalized spacial score (nSPS) is 17.9. The molecule has 0 amide bonds. The molecule has 1 fully saturated rings. The Morgan fingerprint density at radius 1 is 1.40 bits per heavy atom. The van der Waals surface area contributed by atoms with Crippen molar-refractivity contribution in [3.63, 3.8) is 0 Å². The van der Waals surface area contributed by atoms with Gasteiger partial charge in [-0.3, -0.25) is 0 Å². The van der Waals surface area contributed by atoms with Gasteiger partial charge in [-0.15, -0.1) is 0 Å². The number of nitrogens with two attached hydrogens (primary N) is 1. The van der Waals surface area contributed by atoms with Crippen LogP contribution >= 0.6 is 0 Å². The van der Waals surface area contributed by atoms with E-state index in [2.05, 4.69) is 17.4 Å². The van der Waals surface area contributed by atoms with E-state index in [1.165, 1.54) is 24.3 Å². The lowest BCUT2D eigenvalue weighted by molar-refractivity contribution is 0.318. The highest BCUT2D eigenvalue weighted by Gasteiger charge is 2.36. The lowest BCUT2D eigenvalue weighted by Gasteiger charge is -2.11. The number of nitrogens with zero attached hydrogens (tertiary/aromatic N) is 1. The van der Waals surface area contributed by atoms with Crippen molar-refractivity contribution in [1.82, 2.24) is 5.32 Å². The quantitative estimate of drug-likeness (QED) is 0.310. The Morgan fingerprint density at radius 3 is 2.50 bits per heavy atom. The van der Waals surface area contributed by atoms with E-state index in [0.717, 1.165) is 12.8 Å². The third kappa shape index (κ3) is 3.49. The van der Waals surface area contributed by atoms with Gasteiger partial charge in [0.25, 0.3) is 0 Å². The van der Waals surface area contributed by atoms with Crippen molar-refractivity contribution < 1.29 is 13.6 Å². The number of amidine groups is 1. The Morgan fingerprint density at radius 2 is 2.00 bits per heavy atom. The van der Waals surface area contributed by atoms with Crippen molar-refractivity contribution >= 4 is 15.7 Å². The fourth-order valence-corrected chi connectivity index (χ4v) is 3.02. The first-order valence-corrected chi connectivity index (χ1v) is 8.07. The van der Waals surface area contributed by atoms with Gasteiger partial charge in [0.05, 0.1) is 10.6 Å². The monoisotopic (exact) mass is 297 g/mol. The van der Waals surface area contributed by atoms with E-state index in [0.29, 0.717) is 12.1 Å². The zero-order chi connectivity index (χ0) is 14.8. The van der Waals surface area contributed by atoms with Crippen LogP contribution in [-0.2, 0) is 9.84 Å². The second-order valence-corrected chi connectivity index (χ2v) is 7.43. The van der Waals surface area contributed by atoms with Crippen molar-refractivity contribution in [1.29, 1.82) is 0 Å². The number of hydrogen-bond donors (Lipinski definition) is 3. The summed E-state index contributed by atoms with van der Waals surface area (Å²) in [6.45, 7) is 2.53. The number of oxime groups is 1. The van der Waals surface area contributed by atoms with Gasteiger partial charge in [-0.05, 0) is 44.0 Å². The SMILES string of the molecule is CC1(NCCS(=O)(=O)c2ccc(/C(N)=N/O)cc2)CC1. The Hall–Kier alpha value is -1.60. The molecule has 0 bridgehead atoms. The number of rotatable bonds is 6. The van der Waals surface area contributed by atoms with Crippen LogP contribution in [0.3, 0.4) is 0 Å². The van der Waals surface area contributed by atoms with Gasteiger partial charge in [0.2, 0.25) is 0 Å². The van der Waals surface area contributed by atoms with Crippen LogP contribution in [-0.4, -0.2) is 37.3 Å². The summed E-state index contributed by atoms with van der Waals surface area (Å²) in [6, 6.07) is 6.00. The Bertz CT molecular complexity index is 604. The van der Waals surface area contributed by atoms with E-state index >= 15 is 0 Å². The molecule has 1 saturated carbocycles. The Kier molecular flexibility index (Phi) is 4.01. The van der Waals surface area contributed by atoms with E-state index < -0.39 is 9.84 Å².